The fraction of sp³-hybridized carbons (Fsp3) is 1.00. The summed E-state index contributed by atoms with van der Waals surface area (Å²) in [5, 5.41) is 3.73. The molecule has 1 heterocycles. The Labute approximate surface area is 119 Å². The minimum Gasteiger partial charge on any atom is -0.377 e. The summed E-state index contributed by atoms with van der Waals surface area (Å²) >= 11 is 0. The van der Waals surface area contributed by atoms with Gasteiger partial charge in [0.25, 0.3) is 0 Å². The van der Waals surface area contributed by atoms with Crippen LogP contribution in [0.2, 0.25) is 0 Å². The summed E-state index contributed by atoms with van der Waals surface area (Å²) in [4.78, 5) is 2.65. The number of ether oxygens (including phenoxy) is 1. The molecule has 0 amide bonds. The Morgan fingerprint density at radius 2 is 2.00 bits per heavy atom. The quantitative estimate of drug-likeness (QED) is 0.793. The van der Waals surface area contributed by atoms with Gasteiger partial charge in [-0.2, -0.15) is 0 Å². The first-order valence-corrected chi connectivity index (χ1v) is 8.37. The van der Waals surface area contributed by atoms with Crippen LogP contribution in [0, 0.1) is 5.92 Å². The highest BCUT2D eigenvalue weighted by atomic mass is 16.5. The topological polar surface area (TPSA) is 24.5 Å². The Bertz CT molecular complexity index is 247. The lowest BCUT2D eigenvalue weighted by Gasteiger charge is -2.32. The SMILES string of the molecule is CCNC1CCCCCC1CN1CCCOC(C)C1. The van der Waals surface area contributed by atoms with Gasteiger partial charge in [-0.15, -0.1) is 0 Å². The molecule has 0 spiro atoms. The molecule has 2 aliphatic rings. The maximum Gasteiger partial charge on any atom is 0.0673 e. The van der Waals surface area contributed by atoms with Crippen LogP contribution in [0.4, 0.5) is 0 Å². The molecular weight excluding hydrogens is 236 g/mol. The number of nitrogens with zero attached hydrogens (tertiary/aromatic N) is 1. The lowest BCUT2D eigenvalue weighted by Crippen LogP contribution is -2.43. The summed E-state index contributed by atoms with van der Waals surface area (Å²) in [7, 11) is 0. The zero-order valence-electron chi connectivity index (χ0n) is 12.9. The van der Waals surface area contributed by atoms with Crippen molar-refractivity contribution >= 4 is 0 Å². The van der Waals surface area contributed by atoms with Crippen molar-refractivity contribution in [1.29, 1.82) is 0 Å². The normalized spacial score (nSPS) is 34.7. The van der Waals surface area contributed by atoms with E-state index in [0.29, 0.717) is 6.10 Å². The Morgan fingerprint density at radius 1 is 1.16 bits per heavy atom. The van der Waals surface area contributed by atoms with Crippen LogP contribution in [-0.4, -0.2) is 49.8 Å². The molecule has 19 heavy (non-hydrogen) atoms. The molecule has 0 aromatic carbocycles. The fourth-order valence-electron chi connectivity index (χ4n) is 3.71. The van der Waals surface area contributed by atoms with Gasteiger partial charge in [-0.25, -0.2) is 0 Å². The predicted molar refractivity (Wildman–Crippen MR) is 80.5 cm³/mol. The molecule has 3 atom stereocenters. The van der Waals surface area contributed by atoms with Crippen molar-refractivity contribution in [3.05, 3.63) is 0 Å². The van der Waals surface area contributed by atoms with Crippen molar-refractivity contribution in [2.45, 2.75) is 64.5 Å². The van der Waals surface area contributed by atoms with E-state index in [1.807, 2.05) is 0 Å². The molecule has 3 nitrogen and oxygen atoms in total. The molecular formula is C16H32N2O. The minimum atomic E-state index is 0.408. The highest BCUT2D eigenvalue weighted by molar-refractivity contribution is 4.82. The summed E-state index contributed by atoms with van der Waals surface area (Å²) in [5.74, 6) is 0.841. The summed E-state index contributed by atoms with van der Waals surface area (Å²) in [5.41, 5.74) is 0. The first-order valence-electron chi connectivity index (χ1n) is 8.37. The van der Waals surface area contributed by atoms with Crippen molar-refractivity contribution in [3.8, 4) is 0 Å². The molecule has 2 fully saturated rings. The number of rotatable bonds is 4. The maximum absolute atomic E-state index is 5.76. The highest BCUT2D eigenvalue weighted by Crippen LogP contribution is 2.25. The van der Waals surface area contributed by atoms with E-state index in [-0.39, 0.29) is 0 Å². The first kappa shape index (κ1) is 15.3. The van der Waals surface area contributed by atoms with Crippen LogP contribution in [0.15, 0.2) is 0 Å². The van der Waals surface area contributed by atoms with Gasteiger partial charge < -0.3 is 15.0 Å². The van der Waals surface area contributed by atoms with Crippen LogP contribution in [0.25, 0.3) is 0 Å². The zero-order chi connectivity index (χ0) is 13.5. The smallest absolute Gasteiger partial charge is 0.0673 e. The molecule has 0 aromatic heterocycles. The molecule has 1 aliphatic heterocycles. The zero-order valence-corrected chi connectivity index (χ0v) is 12.9. The van der Waals surface area contributed by atoms with Crippen molar-refractivity contribution in [2.24, 2.45) is 5.92 Å². The predicted octanol–water partition coefficient (Wildman–Crippen LogP) is 2.66. The fourth-order valence-corrected chi connectivity index (χ4v) is 3.71. The molecule has 3 heteroatoms. The first-order chi connectivity index (χ1) is 9.29. The van der Waals surface area contributed by atoms with Gasteiger partial charge in [0.2, 0.25) is 0 Å². The molecule has 0 bridgehead atoms. The molecule has 3 unspecified atom stereocenters. The molecule has 0 aromatic rings. The molecule has 1 saturated heterocycles. The van der Waals surface area contributed by atoms with Crippen LogP contribution in [-0.2, 0) is 4.74 Å². The third kappa shape index (κ3) is 5.05. The van der Waals surface area contributed by atoms with E-state index < -0.39 is 0 Å². The highest BCUT2D eigenvalue weighted by Gasteiger charge is 2.26. The third-order valence-electron chi connectivity index (χ3n) is 4.65. The van der Waals surface area contributed by atoms with E-state index >= 15 is 0 Å². The van der Waals surface area contributed by atoms with Crippen LogP contribution < -0.4 is 5.32 Å². The van der Waals surface area contributed by atoms with Gasteiger partial charge >= 0.3 is 0 Å². The van der Waals surface area contributed by atoms with E-state index in [0.717, 1.165) is 31.7 Å². The lowest BCUT2D eigenvalue weighted by molar-refractivity contribution is 0.0640. The second-order valence-corrected chi connectivity index (χ2v) is 6.36. The Kier molecular flexibility index (Phi) is 6.62. The summed E-state index contributed by atoms with van der Waals surface area (Å²) < 4.78 is 5.76. The van der Waals surface area contributed by atoms with Gasteiger partial charge in [0.05, 0.1) is 6.10 Å². The number of nitrogens with one attached hydrogen (secondary N) is 1. The van der Waals surface area contributed by atoms with Crippen molar-refractivity contribution in [3.63, 3.8) is 0 Å². The Hall–Kier alpha value is -0.120. The second kappa shape index (κ2) is 8.23. The average molecular weight is 268 g/mol. The van der Waals surface area contributed by atoms with Gasteiger partial charge in [0.15, 0.2) is 0 Å². The standard InChI is InChI=1S/C16H32N2O/c1-3-17-16-9-6-4-5-8-15(16)13-18-10-7-11-19-14(2)12-18/h14-17H,3-13H2,1-2H3. The molecule has 0 radical (unpaired) electrons. The Morgan fingerprint density at radius 3 is 2.84 bits per heavy atom. The molecule has 1 saturated carbocycles. The summed E-state index contributed by atoms with van der Waals surface area (Å²) in [6, 6.07) is 0.743. The summed E-state index contributed by atoms with van der Waals surface area (Å²) in [6.45, 7) is 10.1. The van der Waals surface area contributed by atoms with Crippen LogP contribution in [0.5, 0.6) is 0 Å². The van der Waals surface area contributed by atoms with Gasteiger partial charge in [-0.1, -0.05) is 26.2 Å². The van der Waals surface area contributed by atoms with E-state index in [9.17, 15) is 0 Å². The van der Waals surface area contributed by atoms with Crippen molar-refractivity contribution in [2.75, 3.05) is 32.8 Å². The largest absolute Gasteiger partial charge is 0.377 e. The van der Waals surface area contributed by atoms with Crippen LogP contribution in [0.3, 0.4) is 0 Å². The number of hydrogen-bond donors (Lipinski definition) is 1. The van der Waals surface area contributed by atoms with Gasteiger partial charge in [0, 0.05) is 32.3 Å². The number of hydrogen-bond acceptors (Lipinski definition) is 3. The minimum absolute atomic E-state index is 0.408. The van der Waals surface area contributed by atoms with E-state index in [4.69, 9.17) is 4.74 Å². The van der Waals surface area contributed by atoms with Gasteiger partial charge in [-0.05, 0) is 38.6 Å². The van der Waals surface area contributed by atoms with Crippen molar-refractivity contribution < 1.29 is 4.74 Å². The lowest BCUT2D eigenvalue weighted by atomic mass is 9.93. The van der Waals surface area contributed by atoms with E-state index in [1.54, 1.807) is 0 Å². The van der Waals surface area contributed by atoms with Gasteiger partial charge in [-0.3, -0.25) is 0 Å². The van der Waals surface area contributed by atoms with E-state index in [2.05, 4.69) is 24.1 Å². The monoisotopic (exact) mass is 268 g/mol. The maximum atomic E-state index is 5.76. The van der Waals surface area contributed by atoms with E-state index in [1.165, 1.54) is 51.6 Å². The third-order valence-corrected chi connectivity index (χ3v) is 4.65. The Balaban J connectivity index is 1.89. The van der Waals surface area contributed by atoms with Crippen molar-refractivity contribution in [1.82, 2.24) is 10.2 Å². The molecule has 2 rings (SSSR count). The average Bonchev–Trinajstić information content (AvgIpc) is 2.72. The molecule has 112 valence electrons. The van der Waals surface area contributed by atoms with Crippen LogP contribution >= 0.6 is 0 Å². The second-order valence-electron chi connectivity index (χ2n) is 6.36. The van der Waals surface area contributed by atoms with Gasteiger partial charge in [0.1, 0.15) is 0 Å². The molecule has 1 aliphatic carbocycles. The molecule has 1 N–H and O–H groups in total. The summed E-state index contributed by atoms with van der Waals surface area (Å²) in [6.07, 6.45) is 8.65. The van der Waals surface area contributed by atoms with Crippen LogP contribution in [0.1, 0.15) is 52.4 Å².